The fraction of sp³-hybridized carbons (Fsp3) is 0.105. The van der Waals surface area contributed by atoms with Crippen LogP contribution in [0.5, 0.6) is 11.5 Å². The SMILES string of the molecule is Cc1cccc(C)c1Oc1ccc(-c2[c-]cccc2)nc1.[Ir]. The summed E-state index contributed by atoms with van der Waals surface area (Å²) in [5, 5.41) is 0. The van der Waals surface area contributed by atoms with Gasteiger partial charge in [-0.2, -0.15) is 0 Å². The van der Waals surface area contributed by atoms with Gasteiger partial charge in [-0.25, -0.2) is 0 Å². The zero-order valence-corrected chi connectivity index (χ0v) is 14.9. The van der Waals surface area contributed by atoms with Crippen LogP contribution in [0.25, 0.3) is 11.3 Å². The average Bonchev–Trinajstić information content (AvgIpc) is 2.53. The Morgan fingerprint density at radius 1 is 0.909 bits per heavy atom. The molecule has 0 aliphatic rings. The van der Waals surface area contributed by atoms with Crippen LogP contribution in [0.3, 0.4) is 0 Å². The second kappa shape index (κ2) is 7.35. The summed E-state index contributed by atoms with van der Waals surface area (Å²) in [6.07, 6.45) is 1.75. The molecule has 3 aromatic rings. The molecule has 0 spiro atoms. The Morgan fingerprint density at radius 2 is 1.68 bits per heavy atom. The van der Waals surface area contributed by atoms with E-state index in [4.69, 9.17) is 4.74 Å². The van der Waals surface area contributed by atoms with Gasteiger partial charge in [-0.15, -0.1) is 35.9 Å². The van der Waals surface area contributed by atoms with E-state index in [0.29, 0.717) is 0 Å². The first-order chi connectivity index (χ1) is 10.2. The Morgan fingerprint density at radius 3 is 2.27 bits per heavy atom. The van der Waals surface area contributed by atoms with Gasteiger partial charge in [0.25, 0.3) is 0 Å². The minimum Gasteiger partial charge on any atom is -0.455 e. The Labute approximate surface area is 144 Å². The summed E-state index contributed by atoms with van der Waals surface area (Å²) >= 11 is 0. The van der Waals surface area contributed by atoms with Crippen LogP contribution in [0.4, 0.5) is 0 Å². The normalized spacial score (nSPS) is 9.91. The van der Waals surface area contributed by atoms with E-state index in [9.17, 15) is 0 Å². The molecule has 0 aliphatic carbocycles. The molecule has 3 heteroatoms. The Balaban J connectivity index is 0.00000176. The number of nitrogens with zero attached hydrogens (tertiary/aromatic N) is 1. The van der Waals surface area contributed by atoms with E-state index in [1.54, 1.807) is 6.20 Å². The van der Waals surface area contributed by atoms with Crippen LogP contribution in [0.1, 0.15) is 11.1 Å². The van der Waals surface area contributed by atoms with Gasteiger partial charge in [0.2, 0.25) is 0 Å². The van der Waals surface area contributed by atoms with Gasteiger partial charge >= 0.3 is 0 Å². The average molecular weight is 467 g/mol. The van der Waals surface area contributed by atoms with Crippen molar-refractivity contribution in [2.45, 2.75) is 13.8 Å². The van der Waals surface area contributed by atoms with Crippen LogP contribution in [-0.2, 0) is 20.1 Å². The Bertz CT molecular complexity index is 719. The van der Waals surface area contributed by atoms with Crippen molar-refractivity contribution in [2.75, 3.05) is 0 Å². The third-order valence-corrected chi connectivity index (χ3v) is 3.35. The van der Waals surface area contributed by atoms with Gasteiger partial charge in [0.1, 0.15) is 11.5 Å². The molecule has 1 heterocycles. The number of benzene rings is 2. The van der Waals surface area contributed by atoms with Crippen molar-refractivity contribution in [1.29, 1.82) is 0 Å². The van der Waals surface area contributed by atoms with E-state index >= 15 is 0 Å². The van der Waals surface area contributed by atoms with E-state index in [1.807, 2.05) is 68.4 Å². The zero-order chi connectivity index (χ0) is 14.7. The summed E-state index contributed by atoms with van der Waals surface area (Å²) in [4.78, 5) is 4.45. The largest absolute Gasteiger partial charge is 0.455 e. The number of aryl methyl sites for hydroxylation is 2. The standard InChI is InChI=1S/C19H16NO.Ir/c1-14-7-6-8-15(2)19(14)21-17-11-12-18(20-13-17)16-9-4-3-5-10-16;/h3-9,11-13H,1-2H3;/q-1;. The number of rotatable bonds is 3. The number of para-hydroxylation sites is 1. The molecule has 0 amide bonds. The van der Waals surface area contributed by atoms with Crippen LogP contribution in [0, 0.1) is 19.9 Å². The van der Waals surface area contributed by atoms with E-state index in [1.165, 1.54) is 0 Å². The topological polar surface area (TPSA) is 22.1 Å². The van der Waals surface area contributed by atoms with Crippen LogP contribution in [0.2, 0.25) is 0 Å². The second-order valence-corrected chi connectivity index (χ2v) is 4.98. The maximum Gasteiger partial charge on any atom is 0.144 e. The van der Waals surface area contributed by atoms with Crippen LogP contribution >= 0.6 is 0 Å². The number of hydrogen-bond acceptors (Lipinski definition) is 2. The van der Waals surface area contributed by atoms with E-state index in [0.717, 1.165) is 33.9 Å². The number of aromatic nitrogens is 1. The van der Waals surface area contributed by atoms with Gasteiger partial charge < -0.3 is 9.72 Å². The molecule has 0 saturated carbocycles. The van der Waals surface area contributed by atoms with E-state index in [-0.39, 0.29) is 20.1 Å². The monoisotopic (exact) mass is 467 g/mol. The first-order valence-electron chi connectivity index (χ1n) is 6.91. The Hall–Kier alpha value is -1.96. The fourth-order valence-corrected chi connectivity index (χ4v) is 2.23. The first-order valence-corrected chi connectivity index (χ1v) is 6.91. The van der Waals surface area contributed by atoms with Crippen LogP contribution in [0.15, 0.2) is 60.8 Å². The van der Waals surface area contributed by atoms with Crippen LogP contribution < -0.4 is 4.74 Å². The molecular weight excluding hydrogens is 450 g/mol. The van der Waals surface area contributed by atoms with Gasteiger partial charge in [0.05, 0.1) is 6.20 Å². The molecule has 2 aromatic carbocycles. The van der Waals surface area contributed by atoms with Crippen molar-refractivity contribution in [3.05, 3.63) is 78.0 Å². The molecule has 0 N–H and O–H groups in total. The quantitative estimate of drug-likeness (QED) is 0.510. The summed E-state index contributed by atoms with van der Waals surface area (Å²) in [7, 11) is 0. The van der Waals surface area contributed by atoms with Crippen molar-refractivity contribution in [3.8, 4) is 22.8 Å². The molecule has 3 rings (SSSR count). The molecule has 0 unspecified atom stereocenters. The minimum absolute atomic E-state index is 0. The molecule has 1 aromatic heterocycles. The molecule has 2 nitrogen and oxygen atoms in total. The fourth-order valence-electron chi connectivity index (χ4n) is 2.23. The number of hydrogen-bond donors (Lipinski definition) is 0. The molecule has 1 radical (unpaired) electrons. The third kappa shape index (κ3) is 3.62. The minimum atomic E-state index is 0. The van der Waals surface area contributed by atoms with Crippen molar-refractivity contribution >= 4 is 0 Å². The van der Waals surface area contributed by atoms with Crippen molar-refractivity contribution < 1.29 is 24.8 Å². The molecule has 113 valence electrons. The first kappa shape index (κ1) is 16.4. The summed E-state index contributed by atoms with van der Waals surface area (Å²) in [5.41, 5.74) is 4.12. The molecular formula is C19H16IrNO-. The van der Waals surface area contributed by atoms with Crippen LogP contribution in [-0.4, -0.2) is 4.98 Å². The summed E-state index contributed by atoms with van der Waals surface area (Å²) in [6.45, 7) is 4.09. The molecule has 22 heavy (non-hydrogen) atoms. The zero-order valence-electron chi connectivity index (χ0n) is 12.5. The second-order valence-electron chi connectivity index (χ2n) is 4.98. The maximum absolute atomic E-state index is 5.96. The molecule has 0 bridgehead atoms. The predicted octanol–water partition coefficient (Wildman–Crippen LogP) is 4.96. The molecule has 0 fully saturated rings. The maximum atomic E-state index is 5.96. The van der Waals surface area contributed by atoms with E-state index in [2.05, 4.69) is 11.1 Å². The van der Waals surface area contributed by atoms with Gasteiger partial charge in [0, 0.05) is 20.1 Å². The molecule has 0 saturated heterocycles. The number of ether oxygens (including phenoxy) is 1. The smallest absolute Gasteiger partial charge is 0.144 e. The van der Waals surface area contributed by atoms with Gasteiger partial charge in [-0.05, 0) is 36.7 Å². The molecule has 0 atom stereocenters. The van der Waals surface area contributed by atoms with Gasteiger partial charge in [-0.1, -0.05) is 24.3 Å². The molecule has 0 aliphatic heterocycles. The van der Waals surface area contributed by atoms with Crippen molar-refractivity contribution in [2.24, 2.45) is 0 Å². The van der Waals surface area contributed by atoms with Gasteiger partial charge in [-0.3, -0.25) is 0 Å². The van der Waals surface area contributed by atoms with Crippen molar-refractivity contribution in [1.82, 2.24) is 4.98 Å². The number of pyridine rings is 1. The third-order valence-electron chi connectivity index (χ3n) is 3.35. The van der Waals surface area contributed by atoms with E-state index < -0.39 is 0 Å². The predicted molar refractivity (Wildman–Crippen MR) is 84.5 cm³/mol. The van der Waals surface area contributed by atoms with Gasteiger partial charge in [0.15, 0.2) is 0 Å². The summed E-state index contributed by atoms with van der Waals surface area (Å²) in [6, 6.07) is 21.0. The summed E-state index contributed by atoms with van der Waals surface area (Å²) < 4.78 is 5.96. The van der Waals surface area contributed by atoms with Crippen molar-refractivity contribution in [3.63, 3.8) is 0 Å². The summed E-state index contributed by atoms with van der Waals surface area (Å²) in [5.74, 6) is 1.64. The Kier molecular flexibility index (Phi) is 5.48.